The number of hydrogen-bond acceptors (Lipinski definition) is 5. The van der Waals surface area contributed by atoms with E-state index >= 15 is 0 Å². The number of halogens is 1. The number of ether oxygens (including phenoxy) is 2. The van der Waals surface area contributed by atoms with E-state index in [1.165, 1.54) is 6.92 Å². The minimum atomic E-state index is -0.982. The normalized spacial score (nSPS) is 11.4. The Morgan fingerprint density at radius 2 is 1.64 bits per heavy atom. The zero-order chi connectivity index (χ0) is 20.5. The summed E-state index contributed by atoms with van der Waals surface area (Å²) in [6.45, 7) is 3.91. The molecule has 1 unspecified atom stereocenters. The van der Waals surface area contributed by atoms with Crippen molar-refractivity contribution in [3.8, 4) is 5.75 Å². The van der Waals surface area contributed by atoms with Gasteiger partial charge >= 0.3 is 5.97 Å². The number of amides is 1. The molecule has 2 aromatic rings. The van der Waals surface area contributed by atoms with Gasteiger partial charge in [-0.05, 0) is 62.4 Å². The van der Waals surface area contributed by atoms with Gasteiger partial charge in [0.1, 0.15) is 5.75 Å². The van der Waals surface area contributed by atoms with Gasteiger partial charge in [-0.1, -0.05) is 11.6 Å². The predicted molar refractivity (Wildman–Crippen MR) is 107 cm³/mol. The molecular weight excluding hydrogens is 382 g/mol. The highest BCUT2D eigenvalue weighted by atomic mass is 35.5. The van der Waals surface area contributed by atoms with Crippen molar-refractivity contribution in [2.45, 2.75) is 32.8 Å². The number of carbonyl (C=O) groups is 3. The molecule has 0 saturated carbocycles. The molecule has 0 fully saturated rings. The zero-order valence-corrected chi connectivity index (χ0v) is 16.5. The lowest BCUT2D eigenvalue weighted by Crippen LogP contribution is -2.30. The van der Waals surface area contributed by atoms with Gasteiger partial charge in [-0.25, -0.2) is 0 Å². The molecule has 0 bridgehead atoms. The van der Waals surface area contributed by atoms with E-state index in [2.05, 4.69) is 5.32 Å². The Kier molecular flexibility index (Phi) is 8.02. The molecule has 7 heteroatoms. The molecule has 0 heterocycles. The Bertz CT molecular complexity index is 818. The lowest BCUT2D eigenvalue weighted by molar-refractivity contribution is -0.153. The van der Waals surface area contributed by atoms with Crippen molar-refractivity contribution in [1.29, 1.82) is 0 Å². The van der Waals surface area contributed by atoms with Gasteiger partial charge in [-0.2, -0.15) is 0 Å². The lowest BCUT2D eigenvalue weighted by atomic mass is 10.1. The summed E-state index contributed by atoms with van der Waals surface area (Å²) in [6, 6.07) is 13.3. The SMILES string of the molecule is CCOc1ccc(NC(=O)C(C)OC(=O)CCC(=O)c2ccc(Cl)cc2)cc1. The molecule has 0 radical (unpaired) electrons. The number of carbonyl (C=O) groups excluding carboxylic acids is 3. The maximum Gasteiger partial charge on any atom is 0.307 e. The second-order valence-electron chi connectivity index (χ2n) is 6.01. The van der Waals surface area contributed by atoms with Crippen molar-refractivity contribution in [2.75, 3.05) is 11.9 Å². The Balaban J connectivity index is 1.78. The molecular formula is C21H22ClNO5. The standard InChI is InChI=1S/C21H22ClNO5/c1-3-27-18-10-8-17(9-11-18)23-21(26)14(2)28-20(25)13-12-19(24)15-4-6-16(22)7-5-15/h4-11,14H,3,12-13H2,1-2H3,(H,23,26). The quantitative estimate of drug-likeness (QED) is 0.499. The van der Waals surface area contributed by atoms with Crippen LogP contribution in [-0.4, -0.2) is 30.4 Å². The average Bonchev–Trinajstić information content (AvgIpc) is 2.68. The second-order valence-corrected chi connectivity index (χ2v) is 6.45. The van der Waals surface area contributed by atoms with E-state index in [1.54, 1.807) is 48.5 Å². The van der Waals surface area contributed by atoms with Crippen LogP contribution in [0.2, 0.25) is 5.02 Å². The smallest absolute Gasteiger partial charge is 0.307 e. The van der Waals surface area contributed by atoms with Gasteiger partial charge in [0.25, 0.3) is 5.91 Å². The maximum absolute atomic E-state index is 12.2. The van der Waals surface area contributed by atoms with Crippen molar-refractivity contribution in [3.63, 3.8) is 0 Å². The number of anilines is 1. The topological polar surface area (TPSA) is 81.7 Å². The fraction of sp³-hybridized carbons (Fsp3) is 0.286. The molecule has 28 heavy (non-hydrogen) atoms. The van der Waals surface area contributed by atoms with Crippen molar-refractivity contribution in [2.24, 2.45) is 0 Å². The summed E-state index contributed by atoms with van der Waals surface area (Å²) < 4.78 is 10.4. The maximum atomic E-state index is 12.2. The molecule has 0 aliphatic rings. The van der Waals surface area contributed by atoms with Crippen LogP contribution in [0.4, 0.5) is 5.69 Å². The fourth-order valence-electron chi connectivity index (χ4n) is 2.35. The molecule has 0 aliphatic heterocycles. The van der Waals surface area contributed by atoms with Crippen LogP contribution < -0.4 is 10.1 Å². The van der Waals surface area contributed by atoms with E-state index in [0.717, 1.165) is 0 Å². The summed E-state index contributed by atoms with van der Waals surface area (Å²) in [5.74, 6) is -0.566. The van der Waals surface area contributed by atoms with Gasteiger partial charge < -0.3 is 14.8 Å². The molecule has 1 amide bonds. The van der Waals surface area contributed by atoms with Gasteiger partial charge in [0.05, 0.1) is 13.0 Å². The third kappa shape index (κ3) is 6.70. The van der Waals surface area contributed by atoms with Crippen LogP contribution in [0.3, 0.4) is 0 Å². The van der Waals surface area contributed by atoms with Gasteiger partial charge in [0.2, 0.25) is 0 Å². The molecule has 1 atom stereocenters. The van der Waals surface area contributed by atoms with E-state index in [4.69, 9.17) is 21.1 Å². The summed E-state index contributed by atoms with van der Waals surface area (Å²) in [5, 5.41) is 3.19. The molecule has 1 N–H and O–H groups in total. The monoisotopic (exact) mass is 403 g/mol. The Morgan fingerprint density at radius 3 is 2.25 bits per heavy atom. The van der Waals surface area contributed by atoms with Crippen LogP contribution >= 0.6 is 11.6 Å². The molecule has 2 rings (SSSR count). The summed E-state index contributed by atoms with van der Waals surface area (Å²) >= 11 is 5.78. The van der Waals surface area contributed by atoms with Gasteiger partial charge in [-0.3, -0.25) is 14.4 Å². The van der Waals surface area contributed by atoms with Crippen molar-refractivity contribution in [3.05, 3.63) is 59.1 Å². The van der Waals surface area contributed by atoms with Crippen molar-refractivity contribution < 1.29 is 23.9 Å². The third-order valence-electron chi connectivity index (χ3n) is 3.83. The highest BCUT2D eigenvalue weighted by Gasteiger charge is 2.19. The highest BCUT2D eigenvalue weighted by Crippen LogP contribution is 2.16. The van der Waals surface area contributed by atoms with E-state index in [9.17, 15) is 14.4 Å². The fourth-order valence-corrected chi connectivity index (χ4v) is 2.48. The zero-order valence-electron chi connectivity index (χ0n) is 15.7. The van der Waals surface area contributed by atoms with Gasteiger partial charge in [0.15, 0.2) is 11.9 Å². The van der Waals surface area contributed by atoms with Crippen LogP contribution in [-0.2, 0) is 14.3 Å². The Morgan fingerprint density at radius 1 is 1.00 bits per heavy atom. The lowest BCUT2D eigenvalue weighted by Gasteiger charge is -2.14. The second kappa shape index (κ2) is 10.5. The average molecular weight is 404 g/mol. The molecule has 0 aliphatic carbocycles. The summed E-state index contributed by atoms with van der Waals surface area (Å²) in [6.07, 6.45) is -1.10. The number of Topliss-reactive ketones (excluding diaryl/α,β-unsaturated/α-hetero) is 1. The molecule has 0 aromatic heterocycles. The van der Waals surface area contributed by atoms with Crippen LogP contribution in [0.5, 0.6) is 5.75 Å². The number of ketones is 1. The first-order valence-electron chi connectivity index (χ1n) is 8.91. The van der Waals surface area contributed by atoms with E-state index < -0.39 is 18.0 Å². The minimum absolute atomic E-state index is 0.00625. The molecule has 2 aromatic carbocycles. The number of rotatable bonds is 9. The number of benzene rings is 2. The van der Waals surface area contributed by atoms with Crippen LogP contribution in [0, 0.1) is 0 Å². The summed E-state index contributed by atoms with van der Waals surface area (Å²) in [5.41, 5.74) is 1.03. The number of esters is 1. The molecule has 0 spiro atoms. The predicted octanol–water partition coefficient (Wildman–Crippen LogP) is 4.27. The summed E-state index contributed by atoms with van der Waals surface area (Å²) in [7, 11) is 0. The number of hydrogen-bond donors (Lipinski definition) is 1. The number of nitrogens with one attached hydrogen (secondary N) is 1. The largest absolute Gasteiger partial charge is 0.494 e. The Labute approximate surface area is 168 Å². The van der Waals surface area contributed by atoms with Gasteiger partial charge in [0, 0.05) is 22.7 Å². The van der Waals surface area contributed by atoms with E-state index in [0.29, 0.717) is 28.6 Å². The van der Waals surface area contributed by atoms with Crippen molar-refractivity contribution >= 4 is 34.9 Å². The first-order chi connectivity index (χ1) is 13.4. The molecule has 6 nitrogen and oxygen atoms in total. The molecule has 148 valence electrons. The first-order valence-corrected chi connectivity index (χ1v) is 9.28. The van der Waals surface area contributed by atoms with E-state index in [-0.39, 0.29) is 18.6 Å². The molecule has 0 saturated heterocycles. The van der Waals surface area contributed by atoms with Gasteiger partial charge in [-0.15, -0.1) is 0 Å². The van der Waals surface area contributed by atoms with Crippen LogP contribution in [0.15, 0.2) is 48.5 Å². The Hall–Kier alpha value is -2.86. The van der Waals surface area contributed by atoms with Crippen LogP contribution in [0.1, 0.15) is 37.0 Å². The van der Waals surface area contributed by atoms with E-state index in [1.807, 2.05) is 6.92 Å². The van der Waals surface area contributed by atoms with Crippen molar-refractivity contribution in [1.82, 2.24) is 0 Å². The minimum Gasteiger partial charge on any atom is -0.494 e. The van der Waals surface area contributed by atoms with Crippen LogP contribution in [0.25, 0.3) is 0 Å². The summed E-state index contributed by atoms with van der Waals surface area (Å²) in [4.78, 5) is 36.1. The highest BCUT2D eigenvalue weighted by molar-refractivity contribution is 6.30. The third-order valence-corrected chi connectivity index (χ3v) is 4.08. The first kappa shape index (κ1) is 21.4.